The van der Waals surface area contributed by atoms with Crippen LogP contribution in [0.3, 0.4) is 0 Å². The lowest BCUT2D eigenvalue weighted by Gasteiger charge is -2.41. The smallest absolute Gasteiger partial charge is 0.217 e. The maximum atomic E-state index is 9.03. The molecular weight excluding hydrogens is 386 g/mol. The first-order valence-corrected chi connectivity index (χ1v) is 10.4. The van der Waals surface area contributed by atoms with Crippen molar-refractivity contribution >= 4 is 17.4 Å². The zero-order valence-corrected chi connectivity index (χ0v) is 18.3. The van der Waals surface area contributed by atoms with Crippen molar-refractivity contribution < 1.29 is 4.74 Å². The highest BCUT2D eigenvalue weighted by molar-refractivity contribution is 6.31. The number of pyridine rings is 1. The SMILES string of the molecule is Cc1nc(C#N)cc(OCCC(C)(C)C2CCN(c3cc(C)c(Cl)cn3)CC2)n1. The van der Waals surface area contributed by atoms with E-state index in [2.05, 4.69) is 39.8 Å². The van der Waals surface area contributed by atoms with Gasteiger partial charge in [0.15, 0.2) is 0 Å². The summed E-state index contributed by atoms with van der Waals surface area (Å²) in [5.41, 5.74) is 1.57. The highest BCUT2D eigenvalue weighted by Gasteiger charge is 2.32. The van der Waals surface area contributed by atoms with Crippen LogP contribution in [0.1, 0.15) is 50.2 Å². The van der Waals surface area contributed by atoms with E-state index in [1.165, 1.54) is 0 Å². The molecule has 0 aliphatic carbocycles. The maximum Gasteiger partial charge on any atom is 0.217 e. The number of hydrogen-bond acceptors (Lipinski definition) is 6. The predicted molar refractivity (Wildman–Crippen MR) is 114 cm³/mol. The number of ether oxygens (including phenoxy) is 1. The molecule has 0 bridgehead atoms. The van der Waals surface area contributed by atoms with Crippen molar-refractivity contribution in [1.29, 1.82) is 5.26 Å². The molecule has 3 heterocycles. The molecule has 29 heavy (non-hydrogen) atoms. The van der Waals surface area contributed by atoms with E-state index in [0.29, 0.717) is 34.9 Å². The standard InChI is InChI=1S/C22H28ClN5O/c1-15-11-20(25-14-19(15)23)28-8-5-17(6-9-28)22(3,4)7-10-29-21-12-18(13-24)26-16(2)27-21/h11-12,14,17H,5-10H2,1-4H3. The fourth-order valence-electron chi connectivity index (χ4n) is 3.88. The number of aryl methyl sites for hydroxylation is 2. The summed E-state index contributed by atoms with van der Waals surface area (Å²) in [4.78, 5) is 15.2. The van der Waals surface area contributed by atoms with Crippen molar-refractivity contribution in [3.8, 4) is 11.9 Å². The Morgan fingerprint density at radius 1 is 1.24 bits per heavy atom. The molecule has 154 valence electrons. The molecule has 2 aromatic rings. The monoisotopic (exact) mass is 413 g/mol. The second-order valence-electron chi connectivity index (χ2n) is 8.39. The molecule has 0 amide bonds. The van der Waals surface area contributed by atoms with E-state index in [1.807, 2.05) is 13.0 Å². The zero-order valence-electron chi connectivity index (χ0n) is 17.6. The molecule has 0 saturated carbocycles. The molecule has 7 heteroatoms. The van der Waals surface area contributed by atoms with Crippen molar-refractivity contribution in [1.82, 2.24) is 15.0 Å². The molecule has 0 radical (unpaired) electrons. The van der Waals surface area contributed by atoms with Gasteiger partial charge >= 0.3 is 0 Å². The zero-order chi connectivity index (χ0) is 21.0. The average Bonchev–Trinajstić information content (AvgIpc) is 2.69. The van der Waals surface area contributed by atoms with Crippen LogP contribution in [0, 0.1) is 36.5 Å². The molecule has 2 aromatic heterocycles. The first-order valence-electron chi connectivity index (χ1n) is 10.0. The third-order valence-corrected chi connectivity index (χ3v) is 6.28. The minimum absolute atomic E-state index is 0.162. The molecule has 0 aromatic carbocycles. The van der Waals surface area contributed by atoms with Crippen molar-refractivity contribution in [2.24, 2.45) is 11.3 Å². The van der Waals surface area contributed by atoms with Crippen LogP contribution in [0.25, 0.3) is 0 Å². The maximum absolute atomic E-state index is 9.03. The number of nitriles is 1. The lowest BCUT2D eigenvalue weighted by molar-refractivity contribution is 0.130. The lowest BCUT2D eigenvalue weighted by Crippen LogP contribution is -2.39. The number of piperidine rings is 1. The Morgan fingerprint density at radius 3 is 2.62 bits per heavy atom. The van der Waals surface area contributed by atoms with E-state index in [-0.39, 0.29) is 5.41 Å². The van der Waals surface area contributed by atoms with Crippen LogP contribution in [0.2, 0.25) is 5.02 Å². The fraction of sp³-hybridized carbons (Fsp3) is 0.545. The summed E-state index contributed by atoms with van der Waals surface area (Å²) in [6, 6.07) is 5.71. The van der Waals surface area contributed by atoms with E-state index in [9.17, 15) is 0 Å². The van der Waals surface area contributed by atoms with Crippen LogP contribution in [0.4, 0.5) is 5.82 Å². The summed E-state index contributed by atoms with van der Waals surface area (Å²) in [6.45, 7) is 11.0. The highest BCUT2D eigenvalue weighted by atomic mass is 35.5. The van der Waals surface area contributed by atoms with Gasteiger partial charge in [0.05, 0.1) is 11.6 Å². The Bertz CT molecular complexity index is 901. The van der Waals surface area contributed by atoms with Crippen molar-refractivity contribution in [2.75, 3.05) is 24.6 Å². The molecule has 1 aliphatic heterocycles. The molecule has 1 fully saturated rings. The summed E-state index contributed by atoms with van der Waals surface area (Å²) in [5.74, 6) is 2.66. The number of aromatic nitrogens is 3. The van der Waals surface area contributed by atoms with Gasteiger partial charge in [0.1, 0.15) is 23.4 Å². The molecular formula is C22H28ClN5O. The number of nitrogens with zero attached hydrogens (tertiary/aromatic N) is 5. The second kappa shape index (κ2) is 8.96. The fourth-order valence-corrected chi connectivity index (χ4v) is 3.99. The van der Waals surface area contributed by atoms with Gasteiger partial charge in [-0.15, -0.1) is 0 Å². The Labute approximate surface area is 177 Å². The van der Waals surface area contributed by atoms with Gasteiger partial charge in [0.25, 0.3) is 0 Å². The topological polar surface area (TPSA) is 74.9 Å². The van der Waals surface area contributed by atoms with E-state index in [0.717, 1.165) is 43.7 Å². The van der Waals surface area contributed by atoms with Gasteiger partial charge in [-0.05, 0) is 56.1 Å². The molecule has 0 spiro atoms. The van der Waals surface area contributed by atoms with Crippen molar-refractivity contribution in [3.63, 3.8) is 0 Å². The van der Waals surface area contributed by atoms with Crippen LogP contribution in [0.5, 0.6) is 5.88 Å². The number of hydrogen-bond donors (Lipinski definition) is 0. The Kier molecular flexibility index (Phi) is 6.59. The van der Waals surface area contributed by atoms with E-state index >= 15 is 0 Å². The van der Waals surface area contributed by atoms with Crippen LogP contribution >= 0.6 is 11.6 Å². The van der Waals surface area contributed by atoms with Gasteiger partial charge in [-0.3, -0.25) is 0 Å². The Balaban J connectivity index is 1.52. The number of anilines is 1. The van der Waals surface area contributed by atoms with Gasteiger partial charge in [0, 0.05) is 25.4 Å². The number of halogens is 1. The summed E-state index contributed by atoms with van der Waals surface area (Å²) in [5, 5.41) is 9.75. The molecule has 0 unspecified atom stereocenters. The highest BCUT2D eigenvalue weighted by Crippen LogP contribution is 2.38. The molecule has 1 saturated heterocycles. The van der Waals surface area contributed by atoms with Crippen molar-refractivity contribution in [3.05, 3.63) is 40.4 Å². The molecule has 3 rings (SSSR count). The molecule has 0 atom stereocenters. The van der Waals surface area contributed by atoms with E-state index in [1.54, 1.807) is 19.2 Å². The van der Waals surface area contributed by atoms with Crippen LogP contribution in [-0.4, -0.2) is 34.6 Å². The first-order chi connectivity index (χ1) is 13.8. The predicted octanol–water partition coefficient (Wildman–Crippen LogP) is 4.73. The quantitative estimate of drug-likeness (QED) is 0.681. The summed E-state index contributed by atoms with van der Waals surface area (Å²) in [7, 11) is 0. The normalized spacial score (nSPS) is 15.2. The summed E-state index contributed by atoms with van der Waals surface area (Å²) in [6.07, 6.45) is 4.93. The Morgan fingerprint density at radius 2 is 1.97 bits per heavy atom. The van der Waals surface area contributed by atoms with Gasteiger partial charge in [-0.25, -0.2) is 9.97 Å². The third kappa shape index (κ3) is 5.36. The molecule has 1 aliphatic rings. The molecule has 0 N–H and O–H groups in total. The van der Waals surface area contributed by atoms with Gasteiger partial charge in [-0.2, -0.15) is 10.2 Å². The van der Waals surface area contributed by atoms with Crippen LogP contribution < -0.4 is 9.64 Å². The minimum atomic E-state index is 0.162. The summed E-state index contributed by atoms with van der Waals surface area (Å²) < 4.78 is 5.84. The lowest BCUT2D eigenvalue weighted by atomic mass is 9.72. The Hall–Kier alpha value is -2.39. The largest absolute Gasteiger partial charge is 0.478 e. The van der Waals surface area contributed by atoms with E-state index in [4.69, 9.17) is 21.6 Å². The van der Waals surface area contributed by atoms with Gasteiger partial charge < -0.3 is 9.64 Å². The average molecular weight is 414 g/mol. The summed E-state index contributed by atoms with van der Waals surface area (Å²) >= 11 is 6.10. The van der Waals surface area contributed by atoms with Crippen molar-refractivity contribution in [2.45, 2.75) is 47.0 Å². The third-order valence-electron chi connectivity index (χ3n) is 5.88. The second-order valence-corrected chi connectivity index (χ2v) is 8.80. The van der Waals surface area contributed by atoms with Gasteiger partial charge in [-0.1, -0.05) is 25.4 Å². The molecule has 6 nitrogen and oxygen atoms in total. The first kappa shape index (κ1) is 21.3. The minimum Gasteiger partial charge on any atom is -0.478 e. The van der Waals surface area contributed by atoms with Crippen LogP contribution in [-0.2, 0) is 0 Å². The number of rotatable bonds is 6. The van der Waals surface area contributed by atoms with E-state index < -0.39 is 0 Å². The van der Waals surface area contributed by atoms with Crippen LogP contribution in [0.15, 0.2) is 18.3 Å². The van der Waals surface area contributed by atoms with Gasteiger partial charge in [0.2, 0.25) is 5.88 Å².